The summed E-state index contributed by atoms with van der Waals surface area (Å²) < 4.78 is 5.05. The third-order valence-electron chi connectivity index (χ3n) is 5.14. The fourth-order valence-electron chi connectivity index (χ4n) is 3.64. The number of carbonyl (C=O) groups excluding carboxylic acids is 2. The predicted molar refractivity (Wildman–Crippen MR) is 103 cm³/mol. The zero-order valence-electron chi connectivity index (χ0n) is 16.6. The van der Waals surface area contributed by atoms with Crippen LogP contribution in [0.2, 0.25) is 0 Å². The van der Waals surface area contributed by atoms with E-state index in [0.29, 0.717) is 25.7 Å². The van der Waals surface area contributed by atoms with Crippen molar-refractivity contribution in [1.29, 1.82) is 0 Å². The van der Waals surface area contributed by atoms with E-state index in [1.165, 1.54) is 6.42 Å². The largest absolute Gasteiger partial charge is 0.466 e. The molecule has 0 saturated carbocycles. The van der Waals surface area contributed by atoms with Crippen molar-refractivity contribution in [3.63, 3.8) is 0 Å². The minimum atomic E-state index is -0.245. The van der Waals surface area contributed by atoms with Crippen molar-refractivity contribution in [2.45, 2.75) is 53.0 Å². The maximum absolute atomic E-state index is 13.2. The Kier molecular flexibility index (Phi) is 7.64. The number of benzene rings is 1. The van der Waals surface area contributed by atoms with E-state index in [0.717, 1.165) is 36.2 Å². The quantitative estimate of drug-likeness (QED) is 0.668. The molecule has 2 rings (SSSR count). The Bertz CT molecular complexity index is 630. The van der Waals surface area contributed by atoms with Gasteiger partial charge in [0.15, 0.2) is 0 Å². The van der Waals surface area contributed by atoms with E-state index in [2.05, 4.69) is 11.8 Å². The van der Waals surface area contributed by atoms with Crippen LogP contribution in [0.15, 0.2) is 18.2 Å². The summed E-state index contributed by atoms with van der Waals surface area (Å²) >= 11 is 0. The number of aryl methyl sites for hydroxylation is 2. The van der Waals surface area contributed by atoms with Gasteiger partial charge in [0.25, 0.3) is 5.91 Å². The van der Waals surface area contributed by atoms with Gasteiger partial charge in [0, 0.05) is 24.7 Å². The van der Waals surface area contributed by atoms with Gasteiger partial charge in [0.05, 0.1) is 13.0 Å². The van der Waals surface area contributed by atoms with Crippen LogP contribution in [0.4, 0.5) is 0 Å². The Morgan fingerprint density at radius 2 is 2.04 bits per heavy atom. The van der Waals surface area contributed by atoms with Crippen molar-refractivity contribution in [2.24, 2.45) is 0 Å². The number of likely N-dealkylation sites (tertiary alicyclic amines) is 1. The van der Waals surface area contributed by atoms with E-state index in [9.17, 15) is 9.59 Å². The molecule has 0 aromatic heterocycles. The van der Waals surface area contributed by atoms with E-state index < -0.39 is 0 Å². The van der Waals surface area contributed by atoms with E-state index in [1.807, 2.05) is 36.9 Å². The summed E-state index contributed by atoms with van der Waals surface area (Å²) in [7, 11) is 0. The molecule has 144 valence electrons. The SMILES string of the molecule is CCOC(=O)CCN(CC1CCCN1CC)C(=O)c1cc(C)ccc1C. The molecule has 1 atom stereocenters. The first-order valence-electron chi connectivity index (χ1n) is 9.72. The summed E-state index contributed by atoms with van der Waals surface area (Å²) in [5.41, 5.74) is 2.77. The van der Waals surface area contributed by atoms with Crippen LogP contribution in [0.25, 0.3) is 0 Å². The van der Waals surface area contributed by atoms with Crippen molar-refractivity contribution in [3.05, 3.63) is 34.9 Å². The molecule has 0 bridgehead atoms. The molecule has 0 spiro atoms. The first-order valence-corrected chi connectivity index (χ1v) is 9.72. The van der Waals surface area contributed by atoms with Gasteiger partial charge in [-0.25, -0.2) is 0 Å². The number of ether oxygens (including phenoxy) is 1. The molecule has 0 aliphatic carbocycles. The number of carbonyl (C=O) groups is 2. The van der Waals surface area contributed by atoms with Gasteiger partial charge in [-0.2, -0.15) is 0 Å². The first kappa shape index (κ1) is 20.4. The second kappa shape index (κ2) is 9.72. The smallest absolute Gasteiger partial charge is 0.307 e. The average molecular weight is 360 g/mol. The Labute approximate surface area is 157 Å². The lowest BCUT2D eigenvalue weighted by Crippen LogP contribution is -2.44. The van der Waals surface area contributed by atoms with Crippen LogP contribution >= 0.6 is 0 Å². The van der Waals surface area contributed by atoms with Gasteiger partial charge in [-0.1, -0.05) is 24.6 Å². The Morgan fingerprint density at radius 1 is 1.27 bits per heavy atom. The number of rotatable bonds is 8. The molecule has 0 N–H and O–H groups in total. The summed E-state index contributed by atoms with van der Waals surface area (Å²) in [5, 5.41) is 0. The number of nitrogens with zero attached hydrogens (tertiary/aromatic N) is 2. The van der Waals surface area contributed by atoms with Gasteiger partial charge in [-0.3, -0.25) is 14.5 Å². The third kappa shape index (κ3) is 5.31. The maximum Gasteiger partial charge on any atom is 0.307 e. The molecule has 5 nitrogen and oxygen atoms in total. The van der Waals surface area contributed by atoms with Crippen LogP contribution in [0.1, 0.15) is 54.6 Å². The van der Waals surface area contributed by atoms with Gasteiger partial charge in [-0.05, 0) is 58.3 Å². The second-order valence-corrected chi connectivity index (χ2v) is 7.05. The van der Waals surface area contributed by atoms with E-state index in [1.54, 1.807) is 6.92 Å². The van der Waals surface area contributed by atoms with E-state index >= 15 is 0 Å². The molecule has 1 amide bonds. The van der Waals surface area contributed by atoms with Gasteiger partial charge < -0.3 is 9.64 Å². The zero-order valence-corrected chi connectivity index (χ0v) is 16.6. The fourth-order valence-corrected chi connectivity index (χ4v) is 3.64. The van der Waals surface area contributed by atoms with Crippen LogP contribution in [-0.4, -0.2) is 60.5 Å². The van der Waals surface area contributed by atoms with E-state index in [-0.39, 0.29) is 18.3 Å². The van der Waals surface area contributed by atoms with Crippen LogP contribution in [0, 0.1) is 13.8 Å². The van der Waals surface area contributed by atoms with Crippen molar-refractivity contribution in [3.8, 4) is 0 Å². The number of hydrogen-bond donors (Lipinski definition) is 0. The summed E-state index contributed by atoms with van der Waals surface area (Å²) in [6.07, 6.45) is 2.51. The monoisotopic (exact) mass is 360 g/mol. The highest BCUT2D eigenvalue weighted by Crippen LogP contribution is 2.20. The predicted octanol–water partition coefficient (Wildman–Crippen LogP) is 3.18. The van der Waals surface area contributed by atoms with Crippen LogP contribution < -0.4 is 0 Å². The molecular weight excluding hydrogens is 328 g/mol. The maximum atomic E-state index is 13.2. The number of hydrogen-bond acceptors (Lipinski definition) is 4. The van der Waals surface area contributed by atoms with Crippen LogP contribution in [0.5, 0.6) is 0 Å². The van der Waals surface area contributed by atoms with Crippen molar-refractivity contribution < 1.29 is 14.3 Å². The minimum Gasteiger partial charge on any atom is -0.466 e. The molecule has 26 heavy (non-hydrogen) atoms. The molecule has 1 aromatic rings. The molecular formula is C21H32N2O3. The molecule has 1 fully saturated rings. The van der Waals surface area contributed by atoms with Gasteiger partial charge >= 0.3 is 5.97 Å². The lowest BCUT2D eigenvalue weighted by Gasteiger charge is -2.30. The van der Waals surface area contributed by atoms with Crippen molar-refractivity contribution in [1.82, 2.24) is 9.80 Å². The van der Waals surface area contributed by atoms with Gasteiger partial charge in [0.2, 0.25) is 0 Å². The minimum absolute atomic E-state index is 0.0125. The fraction of sp³-hybridized carbons (Fsp3) is 0.619. The lowest BCUT2D eigenvalue weighted by molar-refractivity contribution is -0.143. The highest BCUT2D eigenvalue weighted by Gasteiger charge is 2.28. The van der Waals surface area contributed by atoms with E-state index in [4.69, 9.17) is 4.74 Å². The molecule has 1 aromatic carbocycles. The molecule has 1 heterocycles. The van der Waals surface area contributed by atoms with Crippen molar-refractivity contribution in [2.75, 3.05) is 32.8 Å². The molecule has 1 aliphatic heterocycles. The Morgan fingerprint density at radius 3 is 2.73 bits per heavy atom. The normalized spacial score (nSPS) is 17.3. The third-order valence-corrected chi connectivity index (χ3v) is 5.14. The summed E-state index contributed by atoms with van der Waals surface area (Å²) in [5.74, 6) is -0.233. The van der Waals surface area contributed by atoms with Crippen LogP contribution in [-0.2, 0) is 9.53 Å². The molecule has 1 saturated heterocycles. The Hall–Kier alpha value is -1.88. The lowest BCUT2D eigenvalue weighted by atomic mass is 10.0. The molecule has 1 aliphatic rings. The molecule has 0 radical (unpaired) electrons. The average Bonchev–Trinajstić information content (AvgIpc) is 3.07. The summed E-state index contributed by atoms with van der Waals surface area (Å²) in [4.78, 5) is 29.3. The number of amides is 1. The Balaban J connectivity index is 2.16. The topological polar surface area (TPSA) is 49.9 Å². The summed E-state index contributed by atoms with van der Waals surface area (Å²) in [6, 6.07) is 6.32. The van der Waals surface area contributed by atoms with Gasteiger partial charge in [0.1, 0.15) is 0 Å². The first-order chi connectivity index (χ1) is 12.5. The number of likely N-dealkylation sites (N-methyl/N-ethyl adjacent to an activating group) is 1. The highest BCUT2D eigenvalue weighted by atomic mass is 16.5. The summed E-state index contributed by atoms with van der Waals surface area (Å²) in [6.45, 7) is 11.4. The second-order valence-electron chi connectivity index (χ2n) is 7.05. The molecule has 1 unspecified atom stereocenters. The number of esters is 1. The van der Waals surface area contributed by atoms with Crippen LogP contribution in [0.3, 0.4) is 0 Å². The zero-order chi connectivity index (χ0) is 19.1. The standard InChI is InChI=1S/C21H32N2O3/c1-5-22-12-7-8-18(22)15-23(13-11-20(24)26-6-2)21(25)19-14-16(3)9-10-17(19)4/h9-10,14,18H,5-8,11-13,15H2,1-4H3. The van der Waals surface area contributed by atoms with Crippen molar-refractivity contribution >= 4 is 11.9 Å². The van der Waals surface area contributed by atoms with Gasteiger partial charge in [-0.15, -0.1) is 0 Å². The molecule has 5 heteroatoms. The highest BCUT2D eigenvalue weighted by molar-refractivity contribution is 5.96.